The van der Waals surface area contributed by atoms with Gasteiger partial charge in [-0.15, -0.1) is 0 Å². The Bertz CT molecular complexity index is 521. The van der Waals surface area contributed by atoms with Crippen molar-refractivity contribution in [2.24, 2.45) is 5.41 Å². The zero-order valence-electron chi connectivity index (χ0n) is 13.1. The molecule has 6 heteroatoms. The van der Waals surface area contributed by atoms with Gasteiger partial charge in [-0.1, -0.05) is 26.8 Å². The van der Waals surface area contributed by atoms with Gasteiger partial charge < -0.3 is 20.6 Å². The van der Waals surface area contributed by atoms with Gasteiger partial charge in [0, 0.05) is 25.5 Å². The minimum atomic E-state index is -1.06. The highest BCUT2D eigenvalue weighted by molar-refractivity contribution is 5.92. The maximum Gasteiger partial charge on any atom is 0.326 e. The molecular formula is C15H23N3O3. The summed E-state index contributed by atoms with van der Waals surface area (Å²) in [5, 5.41) is 14.3. The second-order valence-electron chi connectivity index (χ2n) is 6.18. The molecule has 6 nitrogen and oxygen atoms in total. The topological polar surface area (TPSA) is 81.7 Å². The van der Waals surface area contributed by atoms with E-state index in [1.54, 1.807) is 26.8 Å². The van der Waals surface area contributed by atoms with Crippen molar-refractivity contribution >= 4 is 23.4 Å². The van der Waals surface area contributed by atoms with Crippen LogP contribution >= 0.6 is 0 Å². The summed E-state index contributed by atoms with van der Waals surface area (Å²) in [4.78, 5) is 25.1. The van der Waals surface area contributed by atoms with Gasteiger partial charge in [-0.2, -0.15) is 0 Å². The van der Waals surface area contributed by atoms with E-state index < -0.39 is 23.5 Å². The Morgan fingerprint density at radius 1 is 1.24 bits per heavy atom. The smallest absolute Gasteiger partial charge is 0.326 e. The lowest BCUT2D eigenvalue weighted by atomic mass is 9.87. The number of hydrogen-bond acceptors (Lipinski definition) is 3. The molecule has 0 aliphatic heterocycles. The molecule has 116 valence electrons. The van der Waals surface area contributed by atoms with Crippen LogP contribution in [-0.2, 0) is 4.79 Å². The standard InChI is InChI=1S/C15H23N3O3/c1-15(2,3)12(13(19)20)17-14(21)16-10-7-6-8-11(9-10)18(4)5/h6-9,12H,1-5H3,(H,19,20)(H2,16,17,21)/t12-/m0/s1. The molecule has 3 N–H and O–H groups in total. The number of carboxylic acids is 1. The highest BCUT2D eigenvalue weighted by atomic mass is 16.4. The van der Waals surface area contributed by atoms with E-state index in [0.717, 1.165) is 5.69 Å². The fourth-order valence-electron chi connectivity index (χ4n) is 1.81. The van der Waals surface area contributed by atoms with Crippen LogP contribution in [0.5, 0.6) is 0 Å². The molecule has 0 saturated carbocycles. The second-order valence-corrected chi connectivity index (χ2v) is 6.18. The number of amides is 2. The second kappa shape index (κ2) is 6.47. The highest BCUT2D eigenvalue weighted by Crippen LogP contribution is 2.20. The summed E-state index contributed by atoms with van der Waals surface area (Å²) in [5.41, 5.74) is 0.976. The maximum absolute atomic E-state index is 12.0. The van der Waals surface area contributed by atoms with Crippen LogP contribution in [0, 0.1) is 5.41 Å². The molecule has 0 aliphatic carbocycles. The third-order valence-corrected chi connectivity index (χ3v) is 3.01. The highest BCUT2D eigenvalue weighted by Gasteiger charge is 2.32. The van der Waals surface area contributed by atoms with E-state index in [1.165, 1.54) is 0 Å². The van der Waals surface area contributed by atoms with E-state index in [1.807, 2.05) is 37.2 Å². The van der Waals surface area contributed by atoms with Crippen LogP contribution in [0.15, 0.2) is 24.3 Å². The monoisotopic (exact) mass is 293 g/mol. The van der Waals surface area contributed by atoms with Gasteiger partial charge in [0.25, 0.3) is 0 Å². The number of nitrogens with one attached hydrogen (secondary N) is 2. The van der Waals surface area contributed by atoms with E-state index in [9.17, 15) is 14.7 Å². The Hall–Kier alpha value is -2.24. The van der Waals surface area contributed by atoms with Gasteiger partial charge in [-0.25, -0.2) is 9.59 Å². The number of carbonyl (C=O) groups excluding carboxylic acids is 1. The predicted molar refractivity (Wildman–Crippen MR) is 83.8 cm³/mol. The number of anilines is 2. The normalized spacial score (nSPS) is 12.4. The Labute approximate surface area is 125 Å². The van der Waals surface area contributed by atoms with Crippen molar-refractivity contribution in [1.29, 1.82) is 0 Å². The van der Waals surface area contributed by atoms with Gasteiger partial charge in [-0.3, -0.25) is 0 Å². The first kappa shape index (κ1) is 16.8. The molecule has 1 rings (SSSR count). The summed E-state index contributed by atoms with van der Waals surface area (Å²) in [6, 6.07) is 5.80. The maximum atomic E-state index is 12.0. The Morgan fingerprint density at radius 3 is 2.33 bits per heavy atom. The summed E-state index contributed by atoms with van der Waals surface area (Å²) < 4.78 is 0. The van der Waals surface area contributed by atoms with Crippen molar-refractivity contribution in [3.8, 4) is 0 Å². The molecule has 0 spiro atoms. The van der Waals surface area contributed by atoms with E-state index in [0.29, 0.717) is 5.69 Å². The van der Waals surface area contributed by atoms with Crippen molar-refractivity contribution in [1.82, 2.24) is 5.32 Å². The first-order valence-electron chi connectivity index (χ1n) is 6.69. The van der Waals surface area contributed by atoms with Crippen molar-refractivity contribution in [2.45, 2.75) is 26.8 Å². The average molecular weight is 293 g/mol. The molecule has 0 aromatic heterocycles. The molecule has 0 unspecified atom stereocenters. The van der Waals surface area contributed by atoms with Gasteiger partial charge in [0.1, 0.15) is 6.04 Å². The fourth-order valence-corrected chi connectivity index (χ4v) is 1.81. The molecule has 21 heavy (non-hydrogen) atoms. The van der Waals surface area contributed by atoms with Crippen molar-refractivity contribution < 1.29 is 14.7 Å². The average Bonchev–Trinajstić information content (AvgIpc) is 2.34. The number of nitrogens with zero attached hydrogens (tertiary/aromatic N) is 1. The fraction of sp³-hybridized carbons (Fsp3) is 0.467. The molecule has 1 aromatic carbocycles. The van der Waals surface area contributed by atoms with Crippen LogP contribution in [0.4, 0.5) is 16.2 Å². The van der Waals surface area contributed by atoms with Crippen LogP contribution in [0.1, 0.15) is 20.8 Å². The molecule has 0 radical (unpaired) electrons. The summed E-state index contributed by atoms with van der Waals surface area (Å²) in [5.74, 6) is -1.06. The van der Waals surface area contributed by atoms with Gasteiger partial charge >= 0.3 is 12.0 Å². The van der Waals surface area contributed by atoms with Crippen molar-refractivity contribution in [2.75, 3.05) is 24.3 Å². The van der Waals surface area contributed by atoms with Gasteiger partial charge in [0.15, 0.2) is 0 Å². The number of carbonyl (C=O) groups is 2. The molecule has 0 fully saturated rings. The number of benzene rings is 1. The third kappa shape index (κ3) is 4.98. The van der Waals surface area contributed by atoms with E-state index in [-0.39, 0.29) is 0 Å². The van der Waals surface area contributed by atoms with Gasteiger partial charge in [0.2, 0.25) is 0 Å². The lowest BCUT2D eigenvalue weighted by molar-refractivity contribution is -0.141. The predicted octanol–water partition coefficient (Wildman–Crippen LogP) is 2.37. The molecular weight excluding hydrogens is 270 g/mol. The van der Waals surface area contributed by atoms with Crippen molar-refractivity contribution in [3.63, 3.8) is 0 Å². The lowest BCUT2D eigenvalue weighted by Gasteiger charge is -2.27. The van der Waals surface area contributed by atoms with Gasteiger partial charge in [0.05, 0.1) is 0 Å². The number of urea groups is 1. The number of rotatable bonds is 4. The van der Waals surface area contributed by atoms with Crippen LogP contribution in [-0.4, -0.2) is 37.2 Å². The van der Waals surface area contributed by atoms with E-state index in [4.69, 9.17) is 0 Å². The number of aliphatic carboxylic acids is 1. The number of carboxylic acid groups (broad SMARTS) is 1. The minimum Gasteiger partial charge on any atom is -0.480 e. The molecule has 0 aliphatic rings. The van der Waals surface area contributed by atoms with Crippen LogP contribution in [0.25, 0.3) is 0 Å². The van der Waals surface area contributed by atoms with Gasteiger partial charge in [-0.05, 0) is 23.6 Å². The quantitative estimate of drug-likeness (QED) is 0.796. The molecule has 0 heterocycles. The third-order valence-electron chi connectivity index (χ3n) is 3.01. The zero-order chi connectivity index (χ0) is 16.2. The SMILES string of the molecule is CN(C)c1cccc(NC(=O)N[C@@H](C(=O)O)C(C)(C)C)c1. The van der Waals surface area contributed by atoms with E-state index >= 15 is 0 Å². The molecule has 0 bridgehead atoms. The molecule has 0 saturated heterocycles. The summed E-state index contributed by atoms with van der Waals surface area (Å²) in [6.07, 6.45) is 0. The zero-order valence-corrected chi connectivity index (χ0v) is 13.1. The molecule has 1 aromatic rings. The van der Waals surface area contributed by atoms with Crippen molar-refractivity contribution in [3.05, 3.63) is 24.3 Å². The first-order valence-corrected chi connectivity index (χ1v) is 6.69. The number of hydrogen-bond donors (Lipinski definition) is 3. The Morgan fingerprint density at radius 2 is 1.86 bits per heavy atom. The van der Waals surface area contributed by atoms with Crippen LogP contribution in [0.2, 0.25) is 0 Å². The summed E-state index contributed by atoms with van der Waals surface area (Å²) in [6.45, 7) is 5.29. The Kier molecular flexibility index (Phi) is 5.18. The lowest BCUT2D eigenvalue weighted by Crippen LogP contribution is -2.50. The minimum absolute atomic E-state index is 0.534. The Balaban J connectivity index is 2.77. The summed E-state index contributed by atoms with van der Waals surface area (Å²) in [7, 11) is 3.80. The van der Waals surface area contributed by atoms with E-state index in [2.05, 4.69) is 10.6 Å². The summed E-state index contributed by atoms with van der Waals surface area (Å²) >= 11 is 0. The largest absolute Gasteiger partial charge is 0.480 e. The van der Waals surface area contributed by atoms with Crippen LogP contribution < -0.4 is 15.5 Å². The molecule has 1 atom stereocenters. The van der Waals surface area contributed by atoms with Crippen LogP contribution in [0.3, 0.4) is 0 Å². The first-order chi connectivity index (χ1) is 9.61. The molecule has 2 amide bonds.